The SMILES string of the molecule is N#Cc1cccc(OC2CCNCC2(F)F)c1. The number of nitrogens with one attached hydrogen (secondary N) is 1. The Morgan fingerprint density at radius 1 is 1.47 bits per heavy atom. The van der Waals surface area contributed by atoms with E-state index in [0.29, 0.717) is 17.9 Å². The molecule has 1 aliphatic rings. The molecule has 1 aromatic rings. The molecule has 1 saturated heterocycles. The molecule has 0 radical (unpaired) electrons. The van der Waals surface area contributed by atoms with E-state index in [2.05, 4.69) is 5.32 Å². The number of piperidine rings is 1. The Bertz CT molecular complexity index is 442. The van der Waals surface area contributed by atoms with Gasteiger partial charge in [0.05, 0.1) is 18.2 Å². The first-order valence-corrected chi connectivity index (χ1v) is 5.37. The minimum absolute atomic E-state index is 0.254. The van der Waals surface area contributed by atoms with Gasteiger partial charge in [0.1, 0.15) is 5.75 Å². The molecule has 1 N–H and O–H groups in total. The minimum Gasteiger partial charge on any atom is -0.484 e. The van der Waals surface area contributed by atoms with Crippen LogP contribution in [-0.4, -0.2) is 25.1 Å². The molecule has 0 bridgehead atoms. The highest BCUT2D eigenvalue weighted by Crippen LogP contribution is 2.28. The predicted octanol–water partition coefficient (Wildman–Crippen LogP) is 1.93. The Hall–Kier alpha value is -1.67. The molecule has 1 aliphatic heterocycles. The molecule has 1 atom stereocenters. The normalized spacial score (nSPS) is 22.8. The molecule has 1 heterocycles. The van der Waals surface area contributed by atoms with Crippen LogP contribution in [0.4, 0.5) is 8.78 Å². The van der Waals surface area contributed by atoms with Gasteiger partial charge in [0.2, 0.25) is 0 Å². The standard InChI is InChI=1S/C12H12F2N2O/c13-12(14)8-16-5-4-11(12)17-10-3-1-2-9(6-10)7-15/h1-3,6,11,16H,4-5,8H2. The summed E-state index contributed by atoms with van der Waals surface area (Å²) in [5.74, 6) is -2.56. The highest BCUT2D eigenvalue weighted by molar-refractivity contribution is 5.36. The number of rotatable bonds is 2. The first-order valence-electron chi connectivity index (χ1n) is 5.37. The first kappa shape index (κ1) is 11.8. The summed E-state index contributed by atoms with van der Waals surface area (Å²) in [7, 11) is 0. The summed E-state index contributed by atoms with van der Waals surface area (Å²) in [5, 5.41) is 11.3. The molecular formula is C12H12F2N2O. The molecule has 1 aromatic carbocycles. The van der Waals surface area contributed by atoms with Crippen molar-refractivity contribution in [2.24, 2.45) is 0 Å². The summed E-state index contributed by atoms with van der Waals surface area (Å²) in [5.41, 5.74) is 0.403. The molecule has 0 aromatic heterocycles. The van der Waals surface area contributed by atoms with E-state index in [9.17, 15) is 8.78 Å². The third-order valence-electron chi connectivity index (χ3n) is 2.66. The van der Waals surface area contributed by atoms with Crippen LogP contribution in [-0.2, 0) is 0 Å². The fourth-order valence-corrected chi connectivity index (χ4v) is 1.76. The van der Waals surface area contributed by atoms with Crippen molar-refractivity contribution in [2.75, 3.05) is 13.1 Å². The van der Waals surface area contributed by atoms with Crippen molar-refractivity contribution >= 4 is 0 Å². The maximum atomic E-state index is 13.5. The first-order chi connectivity index (χ1) is 8.12. The third-order valence-corrected chi connectivity index (χ3v) is 2.66. The van der Waals surface area contributed by atoms with Gasteiger partial charge in [-0.1, -0.05) is 6.07 Å². The van der Waals surface area contributed by atoms with Gasteiger partial charge >= 0.3 is 0 Å². The average Bonchev–Trinajstić information content (AvgIpc) is 2.32. The van der Waals surface area contributed by atoms with Crippen LogP contribution in [0.5, 0.6) is 5.75 Å². The molecule has 90 valence electrons. The molecule has 3 nitrogen and oxygen atoms in total. The van der Waals surface area contributed by atoms with Crippen LogP contribution in [0.3, 0.4) is 0 Å². The van der Waals surface area contributed by atoms with Gasteiger partial charge in [-0.25, -0.2) is 8.78 Å². The van der Waals surface area contributed by atoms with Crippen LogP contribution in [0.2, 0.25) is 0 Å². The third kappa shape index (κ3) is 2.71. The van der Waals surface area contributed by atoms with E-state index >= 15 is 0 Å². The maximum Gasteiger partial charge on any atom is 0.296 e. The second-order valence-corrected chi connectivity index (χ2v) is 3.97. The van der Waals surface area contributed by atoms with Crippen LogP contribution >= 0.6 is 0 Å². The molecule has 0 amide bonds. The Morgan fingerprint density at radius 2 is 2.29 bits per heavy atom. The van der Waals surface area contributed by atoms with E-state index in [1.165, 1.54) is 6.07 Å². The fourth-order valence-electron chi connectivity index (χ4n) is 1.76. The van der Waals surface area contributed by atoms with E-state index in [4.69, 9.17) is 10.00 Å². The van der Waals surface area contributed by atoms with Crippen molar-refractivity contribution in [1.29, 1.82) is 5.26 Å². The van der Waals surface area contributed by atoms with Gasteiger partial charge in [0.15, 0.2) is 6.10 Å². The van der Waals surface area contributed by atoms with Gasteiger partial charge < -0.3 is 10.1 Å². The predicted molar refractivity (Wildman–Crippen MR) is 58.0 cm³/mol. The molecule has 2 rings (SSSR count). The molecule has 1 fully saturated rings. The number of ether oxygens (including phenoxy) is 1. The summed E-state index contributed by atoms with van der Waals surface area (Å²) in [6, 6.07) is 8.22. The second-order valence-electron chi connectivity index (χ2n) is 3.97. The maximum absolute atomic E-state index is 13.5. The van der Waals surface area contributed by atoms with Crippen LogP contribution in [0.25, 0.3) is 0 Å². The van der Waals surface area contributed by atoms with Gasteiger partial charge in [-0.15, -0.1) is 0 Å². The summed E-state index contributed by atoms with van der Waals surface area (Å²) in [6.07, 6.45) is -0.873. The Balaban J connectivity index is 2.12. The number of benzene rings is 1. The smallest absolute Gasteiger partial charge is 0.296 e. The molecule has 0 saturated carbocycles. The molecule has 17 heavy (non-hydrogen) atoms. The molecule has 5 heteroatoms. The largest absolute Gasteiger partial charge is 0.484 e. The number of nitriles is 1. The number of nitrogens with zero attached hydrogens (tertiary/aromatic N) is 1. The monoisotopic (exact) mass is 238 g/mol. The van der Waals surface area contributed by atoms with E-state index in [1.54, 1.807) is 18.2 Å². The lowest BCUT2D eigenvalue weighted by Gasteiger charge is -2.32. The summed E-state index contributed by atoms with van der Waals surface area (Å²) in [4.78, 5) is 0. The van der Waals surface area contributed by atoms with Crippen LogP contribution in [0.15, 0.2) is 24.3 Å². The Labute approximate surface area is 98.0 Å². The summed E-state index contributed by atoms with van der Waals surface area (Å²) >= 11 is 0. The van der Waals surface area contributed by atoms with Crippen LogP contribution in [0, 0.1) is 11.3 Å². The number of hydrogen-bond donors (Lipinski definition) is 1. The Kier molecular flexibility index (Phi) is 3.25. The fraction of sp³-hybridized carbons (Fsp3) is 0.417. The second kappa shape index (κ2) is 4.68. The van der Waals surface area contributed by atoms with Crippen molar-refractivity contribution in [3.63, 3.8) is 0 Å². The molecule has 0 spiro atoms. The van der Waals surface area contributed by atoms with E-state index < -0.39 is 12.0 Å². The van der Waals surface area contributed by atoms with Crippen LogP contribution < -0.4 is 10.1 Å². The van der Waals surface area contributed by atoms with E-state index in [1.807, 2.05) is 6.07 Å². The zero-order valence-corrected chi connectivity index (χ0v) is 9.12. The molecule has 1 unspecified atom stereocenters. The minimum atomic E-state index is -2.87. The van der Waals surface area contributed by atoms with Crippen LogP contribution in [0.1, 0.15) is 12.0 Å². The quantitative estimate of drug-likeness (QED) is 0.856. The Morgan fingerprint density at radius 3 is 3.00 bits per heavy atom. The van der Waals surface area contributed by atoms with Gasteiger partial charge in [-0.2, -0.15) is 5.26 Å². The average molecular weight is 238 g/mol. The number of hydrogen-bond acceptors (Lipinski definition) is 3. The van der Waals surface area contributed by atoms with Gasteiger partial charge in [0.25, 0.3) is 5.92 Å². The lowest BCUT2D eigenvalue weighted by molar-refractivity contribution is -0.108. The summed E-state index contributed by atoms with van der Waals surface area (Å²) < 4.78 is 32.2. The molecular weight excluding hydrogens is 226 g/mol. The van der Waals surface area contributed by atoms with Crippen molar-refractivity contribution < 1.29 is 13.5 Å². The lowest BCUT2D eigenvalue weighted by atomic mass is 10.1. The van der Waals surface area contributed by atoms with Gasteiger partial charge in [-0.05, 0) is 24.7 Å². The van der Waals surface area contributed by atoms with Gasteiger partial charge in [0, 0.05) is 6.42 Å². The van der Waals surface area contributed by atoms with E-state index in [-0.39, 0.29) is 13.0 Å². The highest BCUT2D eigenvalue weighted by atomic mass is 19.3. The van der Waals surface area contributed by atoms with Crippen molar-refractivity contribution in [1.82, 2.24) is 5.32 Å². The highest BCUT2D eigenvalue weighted by Gasteiger charge is 2.43. The molecule has 0 aliphatic carbocycles. The van der Waals surface area contributed by atoms with E-state index in [0.717, 1.165) is 0 Å². The number of alkyl halides is 2. The lowest BCUT2D eigenvalue weighted by Crippen LogP contribution is -2.52. The van der Waals surface area contributed by atoms with Crippen molar-refractivity contribution in [3.05, 3.63) is 29.8 Å². The number of halogens is 2. The topological polar surface area (TPSA) is 45.0 Å². The van der Waals surface area contributed by atoms with Crippen molar-refractivity contribution in [3.8, 4) is 11.8 Å². The zero-order valence-electron chi connectivity index (χ0n) is 9.12. The van der Waals surface area contributed by atoms with Gasteiger partial charge in [-0.3, -0.25) is 0 Å². The zero-order chi connectivity index (χ0) is 12.3. The van der Waals surface area contributed by atoms with Crippen molar-refractivity contribution in [2.45, 2.75) is 18.4 Å². The summed E-state index contributed by atoms with van der Waals surface area (Å²) in [6.45, 7) is 0.147.